The van der Waals surface area contributed by atoms with Crippen LogP contribution in [-0.2, 0) is 0 Å². The van der Waals surface area contributed by atoms with E-state index in [1.165, 1.54) is 6.33 Å². The molecule has 6 heteroatoms. The molecule has 0 saturated carbocycles. The second kappa shape index (κ2) is 5.13. The highest BCUT2D eigenvalue weighted by molar-refractivity contribution is 5.86. The largest absolute Gasteiger partial charge is 0.442 e. The van der Waals surface area contributed by atoms with Crippen LogP contribution in [0, 0.1) is 18.3 Å². The van der Waals surface area contributed by atoms with Gasteiger partial charge in [0.15, 0.2) is 5.75 Å². The summed E-state index contributed by atoms with van der Waals surface area (Å²) >= 11 is 0. The van der Waals surface area contributed by atoms with Crippen LogP contribution in [0.3, 0.4) is 0 Å². The first-order valence-electron chi connectivity index (χ1n) is 6.33. The Kier molecular flexibility index (Phi) is 3.16. The van der Waals surface area contributed by atoms with E-state index in [-0.39, 0.29) is 5.76 Å². The zero-order valence-electron chi connectivity index (χ0n) is 11.5. The fourth-order valence-electron chi connectivity index (χ4n) is 2.08. The van der Waals surface area contributed by atoms with Gasteiger partial charge in [0, 0.05) is 7.05 Å². The van der Waals surface area contributed by atoms with Crippen molar-refractivity contribution in [2.45, 2.75) is 6.92 Å². The van der Waals surface area contributed by atoms with Gasteiger partial charge in [0.1, 0.15) is 23.8 Å². The first-order chi connectivity index (χ1) is 10.2. The minimum Gasteiger partial charge on any atom is -0.442 e. The molecule has 0 aliphatic heterocycles. The number of hydrogen-bond donors (Lipinski definition) is 1. The Labute approximate surface area is 121 Å². The van der Waals surface area contributed by atoms with Gasteiger partial charge in [-0.2, -0.15) is 5.26 Å². The van der Waals surface area contributed by atoms with Crippen LogP contribution in [0.15, 0.2) is 35.0 Å². The second-order valence-electron chi connectivity index (χ2n) is 4.37. The maximum atomic E-state index is 9.20. The van der Waals surface area contributed by atoms with Crippen molar-refractivity contribution in [3.8, 4) is 17.7 Å². The summed E-state index contributed by atoms with van der Waals surface area (Å²) in [7, 11) is 1.77. The maximum Gasteiger partial charge on any atom is 0.247 e. The third-order valence-electron chi connectivity index (χ3n) is 3.12. The summed E-state index contributed by atoms with van der Waals surface area (Å²) in [6, 6.07) is 9.32. The van der Waals surface area contributed by atoms with Crippen LogP contribution in [0.1, 0.15) is 11.3 Å². The first-order valence-corrected chi connectivity index (χ1v) is 6.33. The lowest BCUT2D eigenvalue weighted by Gasteiger charge is -2.09. The van der Waals surface area contributed by atoms with Crippen LogP contribution in [0.25, 0.3) is 11.0 Å². The number of hydrogen-bond acceptors (Lipinski definition) is 6. The van der Waals surface area contributed by atoms with E-state index in [9.17, 15) is 5.26 Å². The molecule has 1 aromatic carbocycles. The van der Waals surface area contributed by atoms with E-state index in [1.807, 2.05) is 31.2 Å². The topological polar surface area (TPSA) is 84.0 Å². The van der Waals surface area contributed by atoms with E-state index in [4.69, 9.17) is 9.15 Å². The quantitative estimate of drug-likeness (QED) is 0.792. The average molecular weight is 280 g/mol. The lowest BCUT2D eigenvalue weighted by molar-refractivity contribution is 0.446. The predicted molar refractivity (Wildman–Crippen MR) is 77.3 cm³/mol. The SMILES string of the molecule is CNc1ncnc(Oc2c(C#N)oc3ccccc23)c1C. The van der Waals surface area contributed by atoms with Gasteiger partial charge < -0.3 is 14.5 Å². The van der Waals surface area contributed by atoms with Gasteiger partial charge in [0.25, 0.3) is 0 Å². The molecule has 6 nitrogen and oxygen atoms in total. The molecule has 0 saturated heterocycles. The van der Waals surface area contributed by atoms with Crippen LogP contribution >= 0.6 is 0 Å². The molecular weight excluding hydrogens is 268 g/mol. The molecule has 0 amide bonds. The van der Waals surface area contributed by atoms with Crippen molar-refractivity contribution < 1.29 is 9.15 Å². The molecule has 0 radical (unpaired) electrons. The van der Waals surface area contributed by atoms with Crippen LogP contribution < -0.4 is 10.1 Å². The van der Waals surface area contributed by atoms with Gasteiger partial charge in [-0.05, 0) is 19.1 Å². The smallest absolute Gasteiger partial charge is 0.247 e. The van der Waals surface area contributed by atoms with Crippen molar-refractivity contribution in [1.82, 2.24) is 9.97 Å². The van der Waals surface area contributed by atoms with Gasteiger partial charge in [0.05, 0.1) is 10.9 Å². The van der Waals surface area contributed by atoms with Gasteiger partial charge in [0.2, 0.25) is 11.6 Å². The lowest BCUT2D eigenvalue weighted by atomic mass is 10.2. The van der Waals surface area contributed by atoms with E-state index in [2.05, 4.69) is 15.3 Å². The summed E-state index contributed by atoms with van der Waals surface area (Å²) in [6.07, 6.45) is 1.41. The Morgan fingerprint density at radius 3 is 2.86 bits per heavy atom. The number of rotatable bonds is 3. The van der Waals surface area contributed by atoms with Crippen molar-refractivity contribution >= 4 is 16.8 Å². The zero-order valence-corrected chi connectivity index (χ0v) is 11.5. The Balaban J connectivity index is 2.12. The summed E-state index contributed by atoms with van der Waals surface area (Å²) in [6.45, 7) is 1.84. The number of benzene rings is 1. The maximum absolute atomic E-state index is 9.20. The summed E-state index contributed by atoms with van der Waals surface area (Å²) < 4.78 is 11.3. The Morgan fingerprint density at radius 2 is 2.10 bits per heavy atom. The number of nitrogens with one attached hydrogen (secondary N) is 1. The van der Waals surface area contributed by atoms with E-state index in [0.29, 0.717) is 23.0 Å². The molecule has 104 valence electrons. The van der Waals surface area contributed by atoms with Crippen LogP contribution in [0.4, 0.5) is 5.82 Å². The molecule has 3 aromatic rings. The summed E-state index contributed by atoms with van der Waals surface area (Å²) in [4.78, 5) is 8.22. The number of aromatic nitrogens is 2. The second-order valence-corrected chi connectivity index (χ2v) is 4.37. The normalized spacial score (nSPS) is 10.3. The van der Waals surface area contributed by atoms with Crippen LogP contribution in [-0.4, -0.2) is 17.0 Å². The molecule has 0 fully saturated rings. The first kappa shape index (κ1) is 12.9. The van der Waals surface area contributed by atoms with E-state index in [1.54, 1.807) is 13.1 Å². The van der Waals surface area contributed by atoms with Crippen molar-refractivity contribution in [2.75, 3.05) is 12.4 Å². The van der Waals surface area contributed by atoms with Gasteiger partial charge in [-0.3, -0.25) is 0 Å². The van der Waals surface area contributed by atoms with Crippen molar-refractivity contribution in [3.63, 3.8) is 0 Å². The monoisotopic (exact) mass is 280 g/mol. The summed E-state index contributed by atoms with van der Waals surface area (Å²) in [5.74, 6) is 1.56. The molecule has 0 aliphatic carbocycles. The van der Waals surface area contributed by atoms with Gasteiger partial charge in [-0.1, -0.05) is 12.1 Å². The number of furan rings is 1. The lowest BCUT2D eigenvalue weighted by Crippen LogP contribution is -2.00. The van der Waals surface area contributed by atoms with E-state index >= 15 is 0 Å². The number of para-hydroxylation sites is 1. The molecule has 0 bridgehead atoms. The highest BCUT2D eigenvalue weighted by Gasteiger charge is 2.18. The number of anilines is 1. The summed E-state index contributed by atoms with van der Waals surface area (Å²) in [5, 5.41) is 12.9. The molecule has 3 rings (SSSR count). The number of ether oxygens (including phenoxy) is 1. The van der Waals surface area contributed by atoms with E-state index < -0.39 is 0 Å². The molecule has 0 unspecified atom stereocenters. The Morgan fingerprint density at radius 1 is 1.29 bits per heavy atom. The standard InChI is InChI=1S/C15H12N4O2/c1-9-14(17-2)18-8-19-15(9)21-13-10-5-3-4-6-11(10)20-12(13)7-16/h3-6,8H,1-2H3,(H,17,18,19). The number of fused-ring (bicyclic) bond motifs is 1. The molecule has 2 aromatic heterocycles. The average Bonchev–Trinajstić information content (AvgIpc) is 2.87. The number of nitrogens with zero attached hydrogens (tertiary/aromatic N) is 3. The fraction of sp³-hybridized carbons (Fsp3) is 0.133. The summed E-state index contributed by atoms with van der Waals surface area (Å²) in [5.41, 5.74) is 1.36. The van der Waals surface area contributed by atoms with Crippen LogP contribution in [0.5, 0.6) is 11.6 Å². The highest BCUT2D eigenvalue weighted by Crippen LogP contribution is 2.36. The molecular formula is C15H12N4O2. The predicted octanol–water partition coefficient (Wildman–Crippen LogP) is 3.24. The van der Waals surface area contributed by atoms with Gasteiger partial charge in [-0.15, -0.1) is 0 Å². The minimum absolute atomic E-state index is 0.125. The zero-order chi connectivity index (χ0) is 14.8. The van der Waals surface area contributed by atoms with Gasteiger partial charge >= 0.3 is 0 Å². The highest BCUT2D eigenvalue weighted by atomic mass is 16.5. The molecule has 0 spiro atoms. The van der Waals surface area contributed by atoms with Crippen molar-refractivity contribution in [1.29, 1.82) is 5.26 Å². The van der Waals surface area contributed by atoms with Crippen molar-refractivity contribution in [2.24, 2.45) is 0 Å². The third-order valence-corrected chi connectivity index (χ3v) is 3.12. The Bertz CT molecular complexity index is 848. The fourth-order valence-corrected chi connectivity index (χ4v) is 2.08. The van der Waals surface area contributed by atoms with Gasteiger partial charge in [-0.25, -0.2) is 9.97 Å². The van der Waals surface area contributed by atoms with E-state index in [0.717, 1.165) is 10.9 Å². The molecule has 0 aliphatic rings. The van der Waals surface area contributed by atoms with Crippen LogP contribution in [0.2, 0.25) is 0 Å². The number of nitriles is 1. The molecule has 21 heavy (non-hydrogen) atoms. The molecule has 2 heterocycles. The molecule has 1 N–H and O–H groups in total. The van der Waals surface area contributed by atoms with Crippen molar-refractivity contribution in [3.05, 3.63) is 41.9 Å². The minimum atomic E-state index is 0.125. The Hall–Kier alpha value is -3.07. The third kappa shape index (κ3) is 2.15. The molecule has 0 atom stereocenters.